The van der Waals surface area contributed by atoms with Crippen molar-refractivity contribution in [2.24, 2.45) is 5.14 Å². The molecule has 0 fully saturated rings. The highest BCUT2D eigenvalue weighted by Crippen LogP contribution is 2.33. The third kappa shape index (κ3) is 3.65. The number of thiophene rings is 1. The van der Waals surface area contributed by atoms with Gasteiger partial charge in [0.1, 0.15) is 4.70 Å². The molecule has 2 heterocycles. The Balaban J connectivity index is 1.71. The third-order valence-corrected chi connectivity index (χ3v) is 7.09. The molecule has 0 saturated heterocycles. The third-order valence-electron chi connectivity index (χ3n) is 4.67. The van der Waals surface area contributed by atoms with E-state index < -0.39 is 14.9 Å². The zero-order valence-electron chi connectivity index (χ0n) is 15.2. The van der Waals surface area contributed by atoms with Crippen molar-refractivity contribution >= 4 is 59.6 Å². The number of nitro groups is 1. The van der Waals surface area contributed by atoms with E-state index in [-0.39, 0.29) is 27.5 Å². The fourth-order valence-electron chi connectivity index (χ4n) is 3.15. The van der Waals surface area contributed by atoms with E-state index in [0.717, 1.165) is 10.3 Å². The first-order valence-electron chi connectivity index (χ1n) is 8.60. The van der Waals surface area contributed by atoms with Gasteiger partial charge >= 0.3 is 0 Å². The van der Waals surface area contributed by atoms with Crippen LogP contribution in [-0.2, 0) is 23.0 Å². The number of non-ortho nitro benzene ring substituents is 1. The van der Waals surface area contributed by atoms with Gasteiger partial charge in [-0.15, -0.1) is 11.3 Å². The summed E-state index contributed by atoms with van der Waals surface area (Å²) in [6, 6.07) is 10.5. The summed E-state index contributed by atoms with van der Waals surface area (Å²) in [6.45, 7) is 0.285. The zero-order chi connectivity index (χ0) is 21.6. The van der Waals surface area contributed by atoms with Gasteiger partial charge in [0, 0.05) is 28.8 Å². The molecule has 4 aromatic rings. The normalized spacial score (nSPS) is 11.9. The smallest absolute Gasteiger partial charge is 0.272 e. The SMILES string of the molecule is NS(=O)(=O)c1ccc(CCn2c(=S)[nH]c3c(sc4ccc([N+](=O)[O-])cc43)c2=O)cc1. The molecule has 0 bridgehead atoms. The molecule has 2 aromatic heterocycles. The summed E-state index contributed by atoms with van der Waals surface area (Å²) >= 11 is 6.59. The lowest BCUT2D eigenvalue weighted by Crippen LogP contribution is -2.22. The molecule has 0 spiro atoms. The maximum atomic E-state index is 13.0. The zero-order valence-corrected chi connectivity index (χ0v) is 17.6. The molecule has 4 rings (SSSR count). The van der Waals surface area contributed by atoms with Gasteiger partial charge in [-0.05, 0) is 42.4 Å². The quantitative estimate of drug-likeness (QED) is 0.265. The number of hydrogen-bond donors (Lipinski definition) is 2. The Morgan fingerprint density at radius 2 is 1.90 bits per heavy atom. The predicted molar refractivity (Wildman–Crippen MR) is 117 cm³/mol. The first-order chi connectivity index (χ1) is 14.1. The van der Waals surface area contributed by atoms with Crippen LogP contribution in [0.5, 0.6) is 0 Å². The maximum absolute atomic E-state index is 13.0. The van der Waals surface area contributed by atoms with Crippen molar-refractivity contribution in [3.63, 3.8) is 0 Å². The summed E-state index contributed by atoms with van der Waals surface area (Å²) in [7, 11) is -3.76. The van der Waals surface area contributed by atoms with Crippen LogP contribution in [0.1, 0.15) is 5.56 Å². The molecule has 0 saturated carbocycles. The van der Waals surface area contributed by atoms with Gasteiger partial charge in [0.05, 0.1) is 15.3 Å². The molecule has 0 radical (unpaired) electrons. The Labute approximate surface area is 178 Å². The summed E-state index contributed by atoms with van der Waals surface area (Å²) in [5, 5.41) is 16.7. The van der Waals surface area contributed by atoms with Crippen molar-refractivity contribution in [2.45, 2.75) is 17.9 Å². The van der Waals surface area contributed by atoms with Crippen molar-refractivity contribution < 1.29 is 13.3 Å². The molecule has 0 aliphatic heterocycles. The fraction of sp³-hybridized carbons (Fsp3) is 0.111. The van der Waals surface area contributed by atoms with Crippen molar-refractivity contribution in [1.29, 1.82) is 0 Å². The van der Waals surface area contributed by atoms with Crippen LogP contribution in [0.3, 0.4) is 0 Å². The van der Waals surface area contributed by atoms with Gasteiger partial charge in [-0.3, -0.25) is 19.5 Å². The van der Waals surface area contributed by atoms with Crippen LogP contribution in [0, 0.1) is 14.9 Å². The highest BCUT2D eigenvalue weighted by molar-refractivity contribution is 7.89. The first-order valence-corrected chi connectivity index (χ1v) is 11.4. The minimum atomic E-state index is -3.76. The molecule has 0 atom stereocenters. The van der Waals surface area contributed by atoms with E-state index in [9.17, 15) is 23.3 Å². The lowest BCUT2D eigenvalue weighted by Gasteiger charge is -2.07. The molecule has 0 amide bonds. The fourth-order valence-corrected chi connectivity index (χ4v) is 5.03. The second-order valence-electron chi connectivity index (χ2n) is 6.57. The van der Waals surface area contributed by atoms with E-state index in [4.69, 9.17) is 17.4 Å². The number of aromatic amines is 1. The molecule has 0 unspecified atom stereocenters. The van der Waals surface area contributed by atoms with Crippen LogP contribution in [0.15, 0.2) is 52.2 Å². The number of aryl methyl sites for hydroxylation is 1. The summed E-state index contributed by atoms with van der Waals surface area (Å²) in [5.74, 6) is 0. The Kier molecular flexibility index (Phi) is 5.02. The number of hydrogen-bond acceptors (Lipinski definition) is 7. The van der Waals surface area contributed by atoms with Crippen LogP contribution in [0.4, 0.5) is 5.69 Å². The summed E-state index contributed by atoms with van der Waals surface area (Å²) in [5.41, 5.74) is 0.964. The number of primary sulfonamides is 1. The largest absolute Gasteiger partial charge is 0.330 e. The molecule has 12 heteroatoms. The van der Waals surface area contributed by atoms with Crippen LogP contribution >= 0.6 is 23.6 Å². The topological polar surface area (TPSA) is 141 Å². The lowest BCUT2D eigenvalue weighted by atomic mass is 10.1. The minimum Gasteiger partial charge on any atom is -0.330 e. The van der Waals surface area contributed by atoms with Crippen LogP contribution in [0.25, 0.3) is 20.3 Å². The van der Waals surface area contributed by atoms with E-state index in [1.807, 2.05) is 0 Å². The molecule has 30 heavy (non-hydrogen) atoms. The second-order valence-corrected chi connectivity index (χ2v) is 9.57. The summed E-state index contributed by atoms with van der Waals surface area (Å²) in [6.07, 6.45) is 0.449. The monoisotopic (exact) mass is 462 g/mol. The Morgan fingerprint density at radius 3 is 2.53 bits per heavy atom. The lowest BCUT2D eigenvalue weighted by molar-refractivity contribution is -0.384. The Morgan fingerprint density at radius 1 is 1.20 bits per heavy atom. The predicted octanol–water partition coefficient (Wildman–Crippen LogP) is 3.07. The molecule has 2 aromatic carbocycles. The number of rotatable bonds is 5. The summed E-state index contributed by atoms with van der Waals surface area (Å²) in [4.78, 5) is 26.6. The number of nitro benzene ring substituents is 1. The average Bonchev–Trinajstić information content (AvgIpc) is 3.05. The number of sulfonamides is 1. The van der Waals surface area contributed by atoms with E-state index in [1.54, 1.807) is 18.2 Å². The van der Waals surface area contributed by atoms with Gasteiger partial charge in [-0.2, -0.15) is 0 Å². The van der Waals surface area contributed by atoms with Gasteiger partial charge in [0.25, 0.3) is 11.2 Å². The molecular weight excluding hydrogens is 448 g/mol. The number of H-pyrrole nitrogens is 1. The Bertz CT molecular complexity index is 1530. The van der Waals surface area contributed by atoms with Crippen molar-refractivity contribution in [2.75, 3.05) is 0 Å². The number of nitrogens with two attached hydrogens (primary N) is 1. The number of benzene rings is 2. The molecule has 154 valence electrons. The Hall–Kier alpha value is -2.93. The minimum absolute atomic E-state index is 0.0153. The van der Waals surface area contributed by atoms with Crippen LogP contribution in [-0.4, -0.2) is 22.9 Å². The van der Waals surface area contributed by atoms with E-state index in [0.29, 0.717) is 22.0 Å². The molecule has 0 aliphatic carbocycles. The van der Waals surface area contributed by atoms with Crippen LogP contribution < -0.4 is 10.7 Å². The number of fused-ring (bicyclic) bond motifs is 3. The van der Waals surface area contributed by atoms with Crippen LogP contribution in [0.2, 0.25) is 0 Å². The van der Waals surface area contributed by atoms with Gasteiger partial charge in [0.15, 0.2) is 4.77 Å². The van der Waals surface area contributed by atoms with Crippen molar-refractivity contribution in [3.8, 4) is 0 Å². The highest BCUT2D eigenvalue weighted by atomic mass is 32.2. The second kappa shape index (κ2) is 7.40. The maximum Gasteiger partial charge on any atom is 0.272 e. The van der Waals surface area contributed by atoms with Gasteiger partial charge in [0.2, 0.25) is 10.0 Å². The molecule has 0 aliphatic rings. The standard InChI is InChI=1S/C18H14N4O5S3/c19-30(26,27)12-4-1-10(2-5-12)7-8-21-17(23)16-15(20-18(21)28)13-9-11(22(24)25)3-6-14(13)29-16/h1-6,9H,7-8H2,(H,20,28)(H2,19,26,27). The number of aromatic nitrogens is 2. The van der Waals surface area contributed by atoms with E-state index >= 15 is 0 Å². The molecule has 3 N–H and O–H groups in total. The number of nitrogens with one attached hydrogen (secondary N) is 1. The van der Waals surface area contributed by atoms with Gasteiger partial charge in [-0.25, -0.2) is 13.6 Å². The number of nitrogens with zero attached hydrogens (tertiary/aromatic N) is 2. The van der Waals surface area contributed by atoms with Crippen molar-refractivity contribution in [1.82, 2.24) is 9.55 Å². The average molecular weight is 463 g/mol. The van der Waals surface area contributed by atoms with Crippen molar-refractivity contribution in [3.05, 3.63) is 73.3 Å². The first kappa shape index (κ1) is 20.3. The molecular formula is C18H14N4O5S3. The van der Waals surface area contributed by atoms with Gasteiger partial charge < -0.3 is 4.98 Å². The summed E-state index contributed by atoms with van der Waals surface area (Å²) < 4.78 is 25.5. The van der Waals surface area contributed by atoms with Gasteiger partial charge in [-0.1, -0.05) is 12.1 Å². The highest BCUT2D eigenvalue weighted by Gasteiger charge is 2.15. The molecule has 9 nitrogen and oxygen atoms in total. The van der Waals surface area contributed by atoms with E-state index in [1.165, 1.54) is 40.2 Å². The van der Waals surface area contributed by atoms with E-state index in [2.05, 4.69) is 4.98 Å².